The minimum absolute atomic E-state index is 0.166. The maximum atomic E-state index is 13.4. The Kier molecular flexibility index (Phi) is 11.1. The van der Waals surface area contributed by atoms with Gasteiger partial charge in [0, 0.05) is 26.1 Å². The Morgan fingerprint density at radius 1 is 0.872 bits per heavy atom. The average molecular weight is 552 g/mol. The van der Waals surface area contributed by atoms with E-state index in [1.165, 1.54) is 12.1 Å². The minimum Gasteiger partial charge on any atom is -0.497 e. The standard InChI is InChI=1S/C30H37N3O5S/c1-4-32-39(36,37)28-17-12-25(13-18-28)14-19-29(34)33(22-26-10-15-27(38-3)16-11-26)23(2)30(35)31-21-20-24-8-6-5-7-9-24/h5-13,15-18,23,32H,4,14,19-22H2,1-3H3,(H,31,35)/t23-/m0/s1. The Balaban J connectivity index is 1.67. The van der Waals surface area contributed by atoms with Gasteiger partial charge in [0.15, 0.2) is 0 Å². The SMILES string of the molecule is CCNS(=O)(=O)c1ccc(CCC(=O)N(Cc2ccc(OC)cc2)[C@@H](C)C(=O)NCCc2ccccc2)cc1. The van der Waals surface area contributed by atoms with Gasteiger partial charge < -0.3 is 15.0 Å². The van der Waals surface area contributed by atoms with Crippen LogP contribution in [0.4, 0.5) is 0 Å². The minimum atomic E-state index is -3.54. The van der Waals surface area contributed by atoms with Crippen LogP contribution in [0.25, 0.3) is 0 Å². The topological polar surface area (TPSA) is 105 Å². The molecule has 0 heterocycles. The number of carbonyl (C=O) groups excluding carboxylic acids is 2. The molecular weight excluding hydrogens is 514 g/mol. The monoisotopic (exact) mass is 551 g/mol. The van der Waals surface area contributed by atoms with Crippen molar-refractivity contribution in [1.82, 2.24) is 14.9 Å². The Morgan fingerprint density at radius 3 is 2.10 bits per heavy atom. The zero-order valence-corrected chi connectivity index (χ0v) is 23.5. The summed E-state index contributed by atoms with van der Waals surface area (Å²) < 4.78 is 32.1. The molecule has 3 aromatic rings. The number of sulfonamides is 1. The molecule has 0 saturated heterocycles. The zero-order valence-electron chi connectivity index (χ0n) is 22.7. The molecule has 8 nitrogen and oxygen atoms in total. The normalized spacial score (nSPS) is 12.0. The number of amides is 2. The summed E-state index contributed by atoms with van der Waals surface area (Å²) >= 11 is 0. The summed E-state index contributed by atoms with van der Waals surface area (Å²) in [6.45, 7) is 4.51. The number of nitrogens with one attached hydrogen (secondary N) is 2. The molecule has 39 heavy (non-hydrogen) atoms. The highest BCUT2D eigenvalue weighted by Crippen LogP contribution is 2.17. The number of carbonyl (C=O) groups is 2. The van der Waals surface area contributed by atoms with E-state index in [1.54, 1.807) is 38.0 Å². The van der Waals surface area contributed by atoms with Gasteiger partial charge in [0.25, 0.3) is 0 Å². The summed E-state index contributed by atoms with van der Waals surface area (Å²) in [6.07, 6.45) is 1.30. The van der Waals surface area contributed by atoms with Gasteiger partial charge >= 0.3 is 0 Å². The first kappa shape index (κ1) is 29.9. The van der Waals surface area contributed by atoms with Crippen LogP contribution in [-0.4, -0.2) is 51.4 Å². The third kappa shape index (κ3) is 8.94. The summed E-state index contributed by atoms with van der Waals surface area (Å²) in [4.78, 5) is 28.2. The van der Waals surface area contributed by atoms with Crippen molar-refractivity contribution in [3.63, 3.8) is 0 Å². The lowest BCUT2D eigenvalue weighted by Crippen LogP contribution is -2.48. The highest BCUT2D eigenvalue weighted by atomic mass is 32.2. The van der Waals surface area contributed by atoms with E-state index >= 15 is 0 Å². The predicted octanol–water partition coefficient (Wildman–Crippen LogP) is 3.70. The fourth-order valence-electron chi connectivity index (χ4n) is 4.14. The van der Waals surface area contributed by atoms with Crippen LogP contribution in [-0.2, 0) is 39.0 Å². The molecule has 2 N–H and O–H groups in total. The Hall–Kier alpha value is -3.69. The van der Waals surface area contributed by atoms with E-state index in [2.05, 4.69) is 10.0 Å². The number of benzene rings is 3. The molecule has 0 fully saturated rings. The third-order valence-corrected chi connectivity index (χ3v) is 7.99. The molecule has 0 aliphatic heterocycles. The van der Waals surface area contributed by atoms with E-state index in [1.807, 2.05) is 54.6 Å². The van der Waals surface area contributed by atoms with Gasteiger partial charge in [0.1, 0.15) is 11.8 Å². The van der Waals surface area contributed by atoms with Gasteiger partial charge in [0.05, 0.1) is 12.0 Å². The van der Waals surface area contributed by atoms with E-state index in [-0.39, 0.29) is 29.7 Å². The second-order valence-corrected chi connectivity index (χ2v) is 11.0. The first-order valence-electron chi connectivity index (χ1n) is 13.1. The third-order valence-electron chi connectivity index (χ3n) is 6.43. The van der Waals surface area contributed by atoms with E-state index < -0.39 is 16.1 Å². The van der Waals surface area contributed by atoms with Crippen LogP contribution in [0.3, 0.4) is 0 Å². The first-order chi connectivity index (χ1) is 18.7. The van der Waals surface area contributed by atoms with Gasteiger partial charge in [-0.3, -0.25) is 9.59 Å². The summed E-state index contributed by atoms with van der Waals surface area (Å²) in [5, 5.41) is 2.96. The summed E-state index contributed by atoms with van der Waals surface area (Å²) in [6, 6.07) is 23.1. The molecule has 0 aliphatic rings. The molecule has 3 rings (SSSR count). The molecule has 0 bridgehead atoms. The van der Waals surface area contributed by atoms with Gasteiger partial charge in [-0.15, -0.1) is 0 Å². The molecule has 208 valence electrons. The van der Waals surface area contributed by atoms with Gasteiger partial charge in [-0.05, 0) is 60.7 Å². The van der Waals surface area contributed by atoms with Crippen molar-refractivity contribution >= 4 is 21.8 Å². The summed E-state index contributed by atoms with van der Waals surface area (Å²) in [7, 11) is -1.94. The molecule has 2 amide bonds. The van der Waals surface area contributed by atoms with E-state index in [0.29, 0.717) is 31.7 Å². The molecule has 9 heteroatoms. The lowest BCUT2D eigenvalue weighted by molar-refractivity contribution is -0.140. The van der Waals surface area contributed by atoms with Crippen molar-refractivity contribution in [2.75, 3.05) is 20.2 Å². The average Bonchev–Trinajstić information content (AvgIpc) is 2.95. The number of hydrogen-bond acceptors (Lipinski definition) is 5. The Bertz CT molecular complexity index is 1310. The molecule has 1 atom stereocenters. The number of aryl methyl sites for hydroxylation is 1. The van der Waals surface area contributed by atoms with Crippen molar-refractivity contribution in [2.24, 2.45) is 0 Å². The Labute approximate surface area is 231 Å². The van der Waals surface area contributed by atoms with Crippen LogP contribution >= 0.6 is 0 Å². The van der Waals surface area contributed by atoms with E-state index in [4.69, 9.17) is 4.74 Å². The summed E-state index contributed by atoms with van der Waals surface area (Å²) in [5.41, 5.74) is 2.84. The smallest absolute Gasteiger partial charge is 0.242 e. The number of rotatable bonds is 14. The van der Waals surface area contributed by atoms with Gasteiger partial charge in [-0.1, -0.05) is 61.5 Å². The molecule has 0 radical (unpaired) electrons. The van der Waals surface area contributed by atoms with E-state index in [9.17, 15) is 18.0 Å². The maximum absolute atomic E-state index is 13.4. The van der Waals surface area contributed by atoms with Crippen molar-refractivity contribution in [1.29, 1.82) is 0 Å². The summed E-state index contributed by atoms with van der Waals surface area (Å²) in [5.74, 6) is 0.328. The second kappa shape index (κ2) is 14.5. The molecule has 3 aromatic carbocycles. The fourth-order valence-corrected chi connectivity index (χ4v) is 5.18. The van der Waals surface area contributed by atoms with Crippen LogP contribution in [0.5, 0.6) is 5.75 Å². The van der Waals surface area contributed by atoms with Crippen molar-refractivity contribution in [3.05, 3.63) is 95.6 Å². The molecule has 0 aliphatic carbocycles. The largest absolute Gasteiger partial charge is 0.497 e. The van der Waals surface area contributed by atoms with Crippen LogP contribution in [0.15, 0.2) is 83.8 Å². The molecule has 0 saturated carbocycles. The van der Waals surface area contributed by atoms with Gasteiger partial charge in [-0.2, -0.15) is 0 Å². The zero-order chi connectivity index (χ0) is 28.3. The van der Waals surface area contributed by atoms with Crippen LogP contribution in [0, 0.1) is 0 Å². The predicted molar refractivity (Wildman–Crippen MR) is 152 cm³/mol. The first-order valence-corrected chi connectivity index (χ1v) is 14.5. The highest BCUT2D eigenvalue weighted by Gasteiger charge is 2.26. The Morgan fingerprint density at radius 2 is 1.49 bits per heavy atom. The fraction of sp³-hybridized carbons (Fsp3) is 0.333. The van der Waals surface area contributed by atoms with Gasteiger partial charge in [-0.25, -0.2) is 13.1 Å². The molecule has 0 unspecified atom stereocenters. The lowest BCUT2D eigenvalue weighted by Gasteiger charge is -2.29. The van der Waals surface area contributed by atoms with E-state index in [0.717, 1.165) is 16.7 Å². The van der Waals surface area contributed by atoms with Gasteiger partial charge in [0.2, 0.25) is 21.8 Å². The number of nitrogens with zero attached hydrogens (tertiary/aromatic N) is 1. The molecule has 0 spiro atoms. The maximum Gasteiger partial charge on any atom is 0.242 e. The van der Waals surface area contributed by atoms with Crippen molar-refractivity contribution in [3.8, 4) is 5.75 Å². The highest BCUT2D eigenvalue weighted by molar-refractivity contribution is 7.89. The quantitative estimate of drug-likeness (QED) is 0.318. The number of methoxy groups -OCH3 is 1. The number of ether oxygens (including phenoxy) is 1. The number of hydrogen-bond donors (Lipinski definition) is 2. The second-order valence-electron chi connectivity index (χ2n) is 9.22. The van der Waals surface area contributed by atoms with Crippen LogP contribution in [0.2, 0.25) is 0 Å². The lowest BCUT2D eigenvalue weighted by atomic mass is 10.1. The van der Waals surface area contributed by atoms with Crippen molar-refractivity contribution in [2.45, 2.75) is 50.6 Å². The molecular formula is C30H37N3O5S. The van der Waals surface area contributed by atoms with Crippen molar-refractivity contribution < 1.29 is 22.7 Å². The van der Waals surface area contributed by atoms with Crippen LogP contribution < -0.4 is 14.8 Å². The van der Waals surface area contributed by atoms with Crippen LogP contribution in [0.1, 0.15) is 37.0 Å². The molecule has 0 aromatic heterocycles.